The third-order valence-electron chi connectivity index (χ3n) is 8.51. The fraction of sp³-hybridized carbons (Fsp3) is 0.714. The van der Waals surface area contributed by atoms with Gasteiger partial charge in [0.2, 0.25) is 35.4 Å². The van der Waals surface area contributed by atoms with Crippen LogP contribution in [0.15, 0.2) is 12.2 Å². The summed E-state index contributed by atoms with van der Waals surface area (Å²) in [5.74, 6) is -2.05. The van der Waals surface area contributed by atoms with Crippen LogP contribution in [-0.4, -0.2) is 107 Å². The minimum atomic E-state index is -0.838. The second-order valence-electron chi connectivity index (χ2n) is 13.3. The lowest BCUT2D eigenvalue weighted by molar-refractivity contribution is -0.141. The average Bonchev–Trinajstić information content (AvgIpc) is 3.54. The van der Waals surface area contributed by atoms with E-state index in [0.29, 0.717) is 50.6 Å². The van der Waals surface area contributed by atoms with Gasteiger partial charge >= 0.3 is 0 Å². The predicted molar refractivity (Wildman–Crippen MR) is 190 cm³/mol. The van der Waals surface area contributed by atoms with E-state index in [-0.39, 0.29) is 73.7 Å². The molecule has 2 heterocycles. The SMILES string of the molecule is CC(C)SCCC(=O)NCCCCCCNC(=O)[C@H](CCCCNC(=O)CCN1C(=O)C=CC1=O)NC(=O)CCN1C(=O)CC(C(C)C)C1=O. The number of thioether (sulfide) groups is 1. The molecular formula is C35H56N6O8S. The van der Waals surface area contributed by atoms with E-state index in [1.54, 1.807) is 11.8 Å². The van der Waals surface area contributed by atoms with Crippen LogP contribution < -0.4 is 21.3 Å². The Morgan fingerprint density at radius 1 is 0.720 bits per heavy atom. The van der Waals surface area contributed by atoms with Crippen LogP contribution in [0.4, 0.5) is 0 Å². The maximum atomic E-state index is 13.1. The number of imide groups is 2. The summed E-state index contributed by atoms with van der Waals surface area (Å²) in [6.45, 7) is 9.27. The lowest BCUT2D eigenvalue weighted by Crippen LogP contribution is -2.47. The Morgan fingerprint density at radius 2 is 1.26 bits per heavy atom. The molecule has 0 aliphatic carbocycles. The van der Waals surface area contributed by atoms with Crippen LogP contribution in [0, 0.1) is 11.8 Å². The van der Waals surface area contributed by atoms with E-state index >= 15 is 0 Å². The van der Waals surface area contributed by atoms with Crippen molar-refractivity contribution < 1.29 is 38.4 Å². The van der Waals surface area contributed by atoms with Crippen LogP contribution in [0.2, 0.25) is 0 Å². The van der Waals surface area contributed by atoms with E-state index in [1.165, 1.54) is 12.2 Å². The quantitative estimate of drug-likeness (QED) is 0.0805. The zero-order valence-electron chi connectivity index (χ0n) is 30.1. The Kier molecular flexibility index (Phi) is 19.4. The molecule has 50 heavy (non-hydrogen) atoms. The fourth-order valence-electron chi connectivity index (χ4n) is 5.51. The topological polar surface area (TPSA) is 191 Å². The second kappa shape index (κ2) is 22.9. The van der Waals surface area contributed by atoms with Crippen molar-refractivity contribution in [1.29, 1.82) is 0 Å². The van der Waals surface area contributed by atoms with Crippen LogP contribution >= 0.6 is 11.8 Å². The van der Waals surface area contributed by atoms with Crippen molar-refractivity contribution >= 4 is 59.0 Å². The van der Waals surface area contributed by atoms with Crippen molar-refractivity contribution in [3.8, 4) is 0 Å². The number of carbonyl (C=O) groups excluding carboxylic acids is 8. The molecule has 1 unspecified atom stereocenters. The molecule has 0 spiro atoms. The van der Waals surface area contributed by atoms with Gasteiger partial charge < -0.3 is 21.3 Å². The van der Waals surface area contributed by atoms with Gasteiger partial charge in [-0.1, -0.05) is 40.5 Å². The molecule has 0 radical (unpaired) electrons. The molecule has 4 N–H and O–H groups in total. The van der Waals surface area contributed by atoms with E-state index in [0.717, 1.165) is 41.2 Å². The third kappa shape index (κ3) is 15.9. The Labute approximate surface area is 300 Å². The number of nitrogens with zero attached hydrogens (tertiary/aromatic N) is 2. The number of hydrogen-bond donors (Lipinski definition) is 4. The molecule has 14 nitrogen and oxygen atoms in total. The first-order valence-corrected chi connectivity index (χ1v) is 18.9. The maximum Gasteiger partial charge on any atom is 0.253 e. The van der Waals surface area contributed by atoms with E-state index in [9.17, 15) is 38.4 Å². The molecule has 2 aliphatic rings. The molecule has 0 aromatic rings. The molecule has 8 amide bonds. The average molecular weight is 721 g/mol. The van der Waals surface area contributed by atoms with Crippen molar-refractivity contribution in [2.75, 3.05) is 38.5 Å². The number of nitrogens with one attached hydrogen (secondary N) is 4. The molecule has 0 aromatic heterocycles. The number of unbranched alkanes of at least 4 members (excludes halogenated alkanes) is 4. The van der Waals surface area contributed by atoms with Crippen molar-refractivity contribution in [2.24, 2.45) is 11.8 Å². The predicted octanol–water partition coefficient (Wildman–Crippen LogP) is 1.82. The summed E-state index contributed by atoms with van der Waals surface area (Å²) in [7, 11) is 0. The minimum absolute atomic E-state index is 0.00797. The lowest BCUT2D eigenvalue weighted by Gasteiger charge is -2.20. The zero-order valence-corrected chi connectivity index (χ0v) is 30.9. The molecular weight excluding hydrogens is 664 g/mol. The van der Waals surface area contributed by atoms with Crippen LogP contribution in [0.3, 0.4) is 0 Å². The van der Waals surface area contributed by atoms with Crippen molar-refractivity contribution in [1.82, 2.24) is 31.1 Å². The monoisotopic (exact) mass is 720 g/mol. The summed E-state index contributed by atoms with van der Waals surface area (Å²) in [5, 5.41) is 11.8. The van der Waals surface area contributed by atoms with Crippen LogP contribution in [0.1, 0.15) is 98.3 Å². The number of likely N-dealkylation sites (tertiary alicyclic amines) is 1. The van der Waals surface area contributed by atoms with Crippen molar-refractivity contribution in [2.45, 2.75) is 110 Å². The van der Waals surface area contributed by atoms with Gasteiger partial charge in [-0.2, -0.15) is 11.8 Å². The maximum absolute atomic E-state index is 13.1. The Bertz CT molecular complexity index is 1220. The van der Waals surface area contributed by atoms with Gasteiger partial charge in [-0.15, -0.1) is 0 Å². The summed E-state index contributed by atoms with van der Waals surface area (Å²) in [6, 6.07) is -0.838. The zero-order chi connectivity index (χ0) is 37.1. The number of hydrogen-bond acceptors (Lipinski definition) is 9. The first-order valence-electron chi connectivity index (χ1n) is 17.9. The first-order chi connectivity index (χ1) is 23.8. The highest BCUT2D eigenvalue weighted by Gasteiger charge is 2.40. The van der Waals surface area contributed by atoms with Crippen LogP contribution in [0.25, 0.3) is 0 Å². The minimum Gasteiger partial charge on any atom is -0.356 e. The summed E-state index contributed by atoms with van der Waals surface area (Å²) in [4.78, 5) is 100. The molecule has 280 valence electrons. The van der Waals surface area contributed by atoms with Gasteiger partial charge in [0.25, 0.3) is 11.8 Å². The Morgan fingerprint density at radius 3 is 1.84 bits per heavy atom. The highest BCUT2D eigenvalue weighted by molar-refractivity contribution is 7.99. The van der Waals surface area contributed by atoms with Gasteiger partial charge in [-0.05, 0) is 43.3 Å². The highest BCUT2D eigenvalue weighted by atomic mass is 32.2. The molecule has 2 rings (SSSR count). The van der Waals surface area contributed by atoms with Gasteiger partial charge in [0.1, 0.15) is 6.04 Å². The first kappa shape index (κ1) is 42.4. The van der Waals surface area contributed by atoms with Gasteiger partial charge in [0, 0.05) is 82.2 Å². The number of carbonyl (C=O) groups is 8. The fourth-order valence-corrected chi connectivity index (χ4v) is 6.28. The molecule has 0 aromatic carbocycles. The van der Waals surface area contributed by atoms with Crippen LogP contribution in [-0.2, 0) is 38.4 Å². The van der Waals surface area contributed by atoms with E-state index in [2.05, 4.69) is 35.1 Å². The molecule has 0 saturated carbocycles. The molecule has 1 saturated heterocycles. The Balaban J connectivity index is 1.75. The van der Waals surface area contributed by atoms with Gasteiger partial charge in [0.15, 0.2) is 0 Å². The number of amides is 8. The molecule has 0 bridgehead atoms. The second-order valence-corrected chi connectivity index (χ2v) is 15.0. The molecule has 2 atom stereocenters. The van der Waals surface area contributed by atoms with E-state index < -0.39 is 23.8 Å². The van der Waals surface area contributed by atoms with Crippen molar-refractivity contribution in [3.63, 3.8) is 0 Å². The molecule has 1 fully saturated rings. The summed E-state index contributed by atoms with van der Waals surface area (Å²) >= 11 is 1.76. The molecule has 15 heteroatoms. The van der Waals surface area contributed by atoms with E-state index in [4.69, 9.17) is 0 Å². The van der Waals surface area contributed by atoms with Crippen molar-refractivity contribution in [3.05, 3.63) is 12.2 Å². The smallest absolute Gasteiger partial charge is 0.253 e. The van der Waals surface area contributed by atoms with Gasteiger partial charge in [-0.3, -0.25) is 48.2 Å². The Hall–Kier alpha value is -3.75. The summed E-state index contributed by atoms with van der Waals surface area (Å²) < 4.78 is 0. The standard InChI is InChI=1S/C35H56N6O8S/c1-24(2)26-23-33(47)41(35(26)49)21-15-30(44)39-27(11-7-10-18-36-28(42)14-20-40-31(45)12-13-32(40)46)34(48)38-19-9-6-5-8-17-37-29(43)16-22-50-25(3)4/h12-13,24-27H,5-11,14-23H2,1-4H3,(H,36,42)(H,37,43)(H,38,48)(H,39,44)/t26?,27-/m0/s1. The van der Waals surface area contributed by atoms with Crippen LogP contribution in [0.5, 0.6) is 0 Å². The lowest BCUT2D eigenvalue weighted by atomic mass is 9.94. The van der Waals surface area contributed by atoms with Gasteiger partial charge in [-0.25, -0.2) is 0 Å². The van der Waals surface area contributed by atoms with E-state index in [1.807, 2.05) is 13.8 Å². The molecule has 2 aliphatic heterocycles. The summed E-state index contributed by atoms with van der Waals surface area (Å²) in [6.07, 6.45) is 7.52. The normalized spacial score (nSPS) is 16.5. The van der Waals surface area contributed by atoms with Gasteiger partial charge in [0.05, 0.1) is 0 Å². The number of rotatable bonds is 25. The largest absolute Gasteiger partial charge is 0.356 e. The highest BCUT2D eigenvalue weighted by Crippen LogP contribution is 2.26. The summed E-state index contributed by atoms with van der Waals surface area (Å²) in [5.41, 5.74) is 0. The third-order valence-corrected chi connectivity index (χ3v) is 9.61.